The Kier molecular flexibility index (Phi) is 5.55. The van der Waals surface area contributed by atoms with Crippen LogP contribution in [0.15, 0.2) is 30.3 Å². The zero-order chi connectivity index (χ0) is 16.0. The van der Waals surface area contributed by atoms with Gasteiger partial charge in [-0.25, -0.2) is 0 Å². The maximum absolute atomic E-state index is 12.1. The van der Waals surface area contributed by atoms with Crippen molar-refractivity contribution >= 4 is 11.9 Å². The van der Waals surface area contributed by atoms with Gasteiger partial charge in [0.05, 0.1) is 12.5 Å². The molecule has 1 atom stereocenters. The first-order valence-corrected chi connectivity index (χ1v) is 7.72. The molecule has 0 aliphatic heterocycles. The quantitative estimate of drug-likeness (QED) is 0.721. The molecular weight excluding hydrogens is 282 g/mol. The number of hydrogen-bond acceptors (Lipinski definition) is 3. The Balaban J connectivity index is 1.85. The average molecular weight is 305 g/mol. The van der Waals surface area contributed by atoms with E-state index < -0.39 is 17.5 Å². The molecule has 0 heterocycles. The fraction of sp³-hybridized carbons (Fsp3) is 0.529. The summed E-state index contributed by atoms with van der Waals surface area (Å²) in [5, 5.41) is 21.8. The number of benzene rings is 1. The zero-order valence-electron chi connectivity index (χ0n) is 12.6. The van der Waals surface area contributed by atoms with E-state index >= 15 is 0 Å². The number of amides is 1. The second kappa shape index (κ2) is 7.40. The van der Waals surface area contributed by atoms with E-state index in [1.165, 1.54) is 0 Å². The molecule has 1 aliphatic rings. The zero-order valence-corrected chi connectivity index (χ0v) is 12.6. The summed E-state index contributed by atoms with van der Waals surface area (Å²) >= 11 is 0. The standard InChI is InChI=1S/C17H23NO4/c19-14(13-6-2-1-3-7-13)12-18-15(20)10-17(11-16(21)22)8-4-5-9-17/h1-3,6-7,14,19H,4-5,8-12H2,(H,18,20)(H,21,22)/t14-/m1/s1. The number of carboxylic acids is 1. The number of nitrogens with one attached hydrogen (secondary N) is 1. The maximum atomic E-state index is 12.1. The molecule has 3 N–H and O–H groups in total. The normalized spacial score (nSPS) is 17.9. The molecule has 1 aliphatic carbocycles. The summed E-state index contributed by atoms with van der Waals surface area (Å²) in [7, 11) is 0. The topological polar surface area (TPSA) is 86.6 Å². The van der Waals surface area contributed by atoms with Gasteiger partial charge in [-0.15, -0.1) is 0 Å². The molecule has 0 radical (unpaired) electrons. The second-order valence-corrected chi connectivity index (χ2v) is 6.18. The number of carbonyl (C=O) groups excluding carboxylic acids is 1. The summed E-state index contributed by atoms with van der Waals surface area (Å²) in [4.78, 5) is 23.1. The van der Waals surface area contributed by atoms with E-state index in [1.54, 1.807) is 12.1 Å². The summed E-state index contributed by atoms with van der Waals surface area (Å²) in [5.41, 5.74) is 0.345. The van der Waals surface area contributed by atoms with Gasteiger partial charge in [0.1, 0.15) is 0 Å². The molecule has 22 heavy (non-hydrogen) atoms. The van der Waals surface area contributed by atoms with Crippen molar-refractivity contribution in [2.75, 3.05) is 6.54 Å². The summed E-state index contributed by atoms with van der Waals surface area (Å²) in [6.45, 7) is 0.145. The predicted octanol–water partition coefficient (Wildman–Crippen LogP) is 2.26. The number of aliphatic hydroxyl groups is 1. The van der Waals surface area contributed by atoms with Crippen molar-refractivity contribution < 1.29 is 19.8 Å². The SMILES string of the molecule is O=C(O)CC1(CC(=O)NC[C@@H](O)c2ccccc2)CCCC1. The van der Waals surface area contributed by atoms with Crippen molar-refractivity contribution in [1.29, 1.82) is 0 Å². The fourth-order valence-electron chi connectivity index (χ4n) is 3.27. The number of hydrogen-bond donors (Lipinski definition) is 3. The van der Waals surface area contributed by atoms with E-state index in [4.69, 9.17) is 5.11 Å². The molecule has 0 unspecified atom stereocenters. The lowest BCUT2D eigenvalue weighted by atomic mass is 9.79. The Hall–Kier alpha value is -1.88. The minimum atomic E-state index is -0.848. The largest absolute Gasteiger partial charge is 0.481 e. The van der Waals surface area contributed by atoms with E-state index in [-0.39, 0.29) is 25.3 Å². The summed E-state index contributed by atoms with van der Waals surface area (Å²) in [5.74, 6) is -1.03. The van der Waals surface area contributed by atoms with Crippen LogP contribution in [0.3, 0.4) is 0 Å². The van der Waals surface area contributed by atoms with Crippen molar-refractivity contribution in [3.63, 3.8) is 0 Å². The van der Waals surface area contributed by atoms with Crippen molar-refractivity contribution in [3.8, 4) is 0 Å². The second-order valence-electron chi connectivity index (χ2n) is 6.18. The van der Waals surface area contributed by atoms with Crippen molar-refractivity contribution in [1.82, 2.24) is 5.32 Å². The summed E-state index contributed by atoms with van der Waals surface area (Å²) < 4.78 is 0. The number of aliphatic hydroxyl groups excluding tert-OH is 1. The van der Waals surface area contributed by atoms with Crippen LogP contribution >= 0.6 is 0 Å². The van der Waals surface area contributed by atoms with Gasteiger partial charge in [-0.3, -0.25) is 9.59 Å². The molecule has 0 saturated heterocycles. The first kappa shape index (κ1) is 16.5. The molecule has 5 nitrogen and oxygen atoms in total. The molecule has 0 bridgehead atoms. The van der Waals surface area contributed by atoms with Gasteiger partial charge in [0.25, 0.3) is 0 Å². The smallest absolute Gasteiger partial charge is 0.303 e. The highest BCUT2D eigenvalue weighted by molar-refractivity contribution is 5.78. The Morgan fingerprint density at radius 3 is 2.36 bits per heavy atom. The van der Waals surface area contributed by atoms with E-state index in [0.29, 0.717) is 0 Å². The van der Waals surface area contributed by atoms with Crippen LogP contribution in [0.2, 0.25) is 0 Å². The predicted molar refractivity (Wildman–Crippen MR) is 82.2 cm³/mol. The van der Waals surface area contributed by atoms with Crippen molar-refractivity contribution in [3.05, 3.63) is 35.9 Å². The monoisotopic (exact) mass is 305 g/mol. The highest BCUT2D eigenvalue weighted by Gasteiger charge is 2.37. The van der Waals surface area contributed by atoms with Gasteiger partial charge in [0, 0.05) is 13.0 Å². The van der Waals surface area contributed by atoms with Crippen LogP contribution in [0.1, 0.15) is 50.2 Å². The molecule has 0 aromatic heterocycles. The molecule has 1 saturated carbocycles. The van der Waals surface area contributed by atoms with Gasteiger partial charge in [-0.05, 0) is 23.8 Å². The molecule has 5 heteroatoms. The molecule has 0 spiro atoms. The van der Waals surface area contributed by atoms with Gasteiger partial charge in [0.2, 0.25) is 5.91 Å². The highest BCUT2D eigenvalue weighted by Crippen LogP contribution is 2.44. The van der Waals surface area contributed by atoms with Gasteiger partial charge in [-0.1, -0.05) is 43.2 Å². The van der Waals surface area contributed by atoms with Gasteiger partial charge in [-0.2, -0.15) is 0 Å². The minimum absolute atomic E-state index is 0.0433. The molecule has 1 amide bonds. The number of rotatable bonds is 7. The van der Waals surface area contributed by atoms with Gasteiger partial charge >= 0.3 is 5.97 Å². The van der Waals surface area contributed by atoms with Crippen LogP contribution in [-0.4, -0.2) is 28.6 Å². The van der Waals surface area contributed by atoms with E-state index in [1.807, 2.05) is 18.2 Å². The third kappa shape index (κ3) is 4.56. The minimum Gasteiger partial charge on any atom is -0.481 e. The Morgan fingerprint density at radius 1 is 1.14 bits per heavy atom. The Bertz CT molecular complexity index is 509. The van der Waals surface area contributed by atoms with E-state index in [9.17, 15) is 14.7 Å². The van der Waals surface area contributed by atoms with E-state index in [0.717, 1.165) is 31.2 Å². The molecule has 120 valence electrons. The lowest BCUT2D eigenvalue weighted by Gasteiger charge is -2.26. The summed E-state index contributed by atoms with van der Waals surface area (Å²) in [6, 6.07) is 9.14. The van der Waals surface area contributed by atoms with Crippen molar-refractivity contribution in [2.45, 2.75) is 44.6 Å². The first-order chi connectivity index (χ1) is 10.5. The van der Waals surface area contributed by atoms with Crippen LogP contribution in [0.25, 0.3) is 0 Å². The number of carbonyl (C=O) groups is 2. The van der Waals surface area contributed by atoms with Gasteiger partial charge in [0.15, 0.2) is 0 Å². The Labute approximate surface area is 130 Å². The average Bonchev–Trinajstić information content (AvgIpc) is 2.92. The number of aliphatic carboxylic acids is 1. The molecule has 1 aromatic carbocycles. The lowest BCUT2D eigenvalue weighted by Crippen LogP contribution is -2.34. The van der Waals surface area contributed by atoms with Crippen LogP contribution in [0.4, 0.5) is 0 Å². The van der Waals surface area contributed by atoms with Crippen LogP contribution in [0.5, 0.6) is 0 Å². The highest BCUT2D eigenvalue weighted by atomic mass is 16.4. The Morgan fingerprint density at radius 2 is 1.77 bits per heavy atom. The van der Waals surface area contributed by atoms with Gasteiger partial charge < -0.3 is 15.5 Å². The molecule has 1 aromatic rings. The van der Waals surface area contributed by atoms with Crippen LogP contribution in [-0.2, 0) is 9.59 Å². The van der Waals surface area contributed by atoms with Crippen molar-refractivity contribution in [2.24, 2.45) is 5.41 Å². The number of carboxylic acid groups (broad SMARTS) is 1. The molecular formula is C17H23NO4. The van der Waals surface area contributed by atoms with Crippen LogP contribution in [0, 0.1) is 5.41 Å². The first-order valence-electron chi connectivity index (χ1n) is 7.72. The molecule has 2 rings (SSSR count). The third-order valence-corrected chi connectivity index (χ3v) is 4.40. The third-order valence-electron chi connectivity index (χ3n) is 4.40. The summed E-state index contributed by atoms with van der Waals surface area (Å²) in [6.07, 6.45) is 3.05. The lowest BCUT2D eigenvalue weighted by molar-refractivity contribution is -0.140. The molecule has 1 fully saturated rings. The fourth-order valence-corrected chi connectivity index (χ4v) is 3.27. The van der Waals surface area contributed by atoms with E-state index in [2.05, 4.69) is 5.32 Å². The maximum Gasteiger partial charge on any atom is 0.303 e. The van der Waals surface area contributed by atoms with Crippen LogP contribution < -0.4 is 5.32 Å².